The fourth-order valence-corrected chi connectivity index (χ4v) is 8.58. The van der Waals surface area contributed by atoms with Gasteiger partial charge in [0.2, 0.25) is 5.91 Å². The van der Waals surface area contributed by atoms with E-state index in [1.54, 1.807) is 7.11 Å². The number of quaternary nitrogens is 1. The van der Waals surface area contributed by atoms with Crippen molar-refractivity contribution in [3.63, 3.8) is 0 Å². The van der Waals surface area contributed by atoms with Crippen molar-refractivity contribution < 1.29 is 19.8 Å². The van der Waals surface area contributed by atoms with Gasteiger partial charge in [0.25, 0.3) is 5.15 Å². The number of nitrogens with one attached hydrogen (secondary N) is 1. The van der Waals surface area contributed by atoms with E-state index in [0.29, 0.717) is 28.9 Å². The average Bonchev–Trinajstić information content (AvgIpc) is 3.36. The molecule has 0 bridgehead atoms. The number of aromatic nitrogens is 1. The third-order valence-corrected chi connectivity index (χ3v) is 10.4. The van der Waals surface area contributed by atoms with Gasteiger partial charge in [-0.05, 0) is 79.7 Å². The Morgan fingerprint density at radius 3 is 2.78 bits per heavy atom. The fraction of sp³-hybridized carbons (Fsp3) is 0.613. The Labute approximate surface area is 226 Å². The molecule has 2 aliphatic heterocycles. The maximum atomic E-state index is 14.6. The monoisotopic (exact) mass is 523 g/mol. The Kier molecular flexibility index (Phi) is 7.19. The third kappa shape index (κ3) is 4.57. The molecular weight excluding hydrogens is 482 g/mol. The average molecular weight is 524 g/mol. The predicted octanol–water partition coefficient (Wildman–Crippen LogP) is 4.29. The van der Waals surface area contributed by atoms with Crippen LogP contribution in [-0.2, 0) is 16.6 Å². The zero-order valence-corrected chi connectivity index (χ0v) is 22.9. The Hall–Kier alpha value is -2.11. The number of hydrogen-bond acceptors (Lipinski definition) is 2. The van der Waals surface area contributed by atoms with Crippen LogP contribution in [-0.4, -0.2) is 43.6 Å². The molecule has 4 aliphatic rings. The second-order valence-corrected chi connectivity index (χ2v) is 12.4. The summed E-state index contributed by atoms with van der Waals surface area (Å²) in [6.07, 6.45) is 11.7. The predicted molar refractivity (Wildman–Crippen MR) is 145 cm³/mol. The number of H-pyrrole nitrogens is 1. The molecule has 2 aromatic rings. The molecule has 1 aromatic heterocycles. The number of aromatic amines is 1. The lowest BCUT2D eigenvalue weighted by molar-refractivity contribution is -0.640. The molecule has 3 N–H and O–H groups in total. The number of carbonyl (C=O) groups excluding carboxylic acids is 1. The highest BCUT2D eigenvalue weighted by molar-refractivity contribution is 6.28. The van der Waals surface area contributed by atoms with Crippen LogP contribution in [0.3, 0.4) is 0 Å². The van der Waals surface area contributed by atoms with Crippen LogP contribution in [0.5, 0.6) is 5.75 Å². The molecule has 6 rings (SSSR count). The first-order valence-electron chi connectivity index (χ1n) is 14.6. The van der Waals surface area contributed by atoms with Gasteiger partial charge in [0.15, 0.2) is 5.69 Å². The number of nitrogens with two attached hydrogens (primary N) is 1. The number of methoxy groups -OCH3 is 1. The third-order valence-electron chi connectivity index (χ3n) is 10.2. The summed E-state index contributed by atoms with van der Waals surface area (Å²) >= 11 is 6.34. The van der Waals surface area contributed by atoms with E-state index in [1.165, 1.54) is 48.9 Å². The number of nitrogens with zero attached hydrogens (tertiary/aromatic N) is 1. The molecule has 1 amide bonds. The van der Waals surface area contributed by atoms with Crippen LogP contribution in [0.4, 0.5) is 0 Å². The van der Waals surface area contributed by atoms with E-state index in [1.807, 2.05) is 6.07 Å². The summed E-state index contributed by atoms with van der Waals surface area (Å²) < 4.78 is 5.75. The number of halogens is 1. The maximum absolute atomic E-state index is 14.6. The zero-order chi connectivity index (χ0) is 25.4. The van der Waals surface area contributed by atoms with Gasteiger partial charge < -0.3 is 15.0 Å². The molecule has 2 saturated heterocycles. The van der Waals surface area contributed by atoms with Gasteiger partial charge in [0, 0.05) is 30.6 Å². The minimum atomic E-state index is -0.0810. The number of carbonyl (C=O) groups is 1. The zero-order valence-electron chi connectivity index (χ0n) is 22.2. The summed E-state index contributed by atoms with van der Waals surface area (Å²) in [7, 11) is 1.78. The van der Waals surface area contributed by atoms with Crippen molar-refractivity contribution in [2.75, 3.05) is 26.7 Å². The van der Waals surface area contributed by atoms with Crippen LogP contribution in [0.25, 0.3) is 0 Å². The van der Waals surface area contributed by atoms with Crippen molar-refractivity contribution in [1.82, 2.24) is 4.90 Å². The van der Waals surface area contributed by atoms with Crippen molar-refractivity contribution in [2.24, 2.45) is 11.8 Å². The lowest BCUT2D eigenvalue weighted by Gasteiger charge is -2.47. The fourth-order valence-electron chi connectivity index (χ4n) is 8.40. The SMILES string of the molecule is COc1ccccc1[C@@H]1CCN(C(=O)[C@@H]2C[NH2+]C[C@]23CCCc2[nH+]c(Cl)ccc23)[C@H](C2CCCCC2)C1. The van der Waals surface area contributed by atoms with Gasteiger partial charge in [-0.3, -0.25) is 4.79 Å². The van der Waals surface area contributed by atoms with Crippen LogP contribution in [0, 0.1) is 11.8 Å². The van der Waals surface area contributed by atoms with Gasteiger partial charge in [-0.15, -0.1) is 0 Å². The first-order chi connectivity index (χ1) is 18.1. The van der Waals surface area contributed by atoms with E-state index >= 15 is 0 Å². The molecule has 1 aromatic carbocycles. The normalized spacial score (nSPS) is 30.3. The number of likely N-dealkylation sites (tertiary alicyclic amines) is 1. The van der Waals surface area contributed by atoms with Crippen molar-refractivity contribution >= 4 is 17.5 Å². The van der Waals surface area contributed by atoms with Gasteiger partial charge in [0.1, 0.15) is 11.7 Å². The molecule has 1 spiro atoms. The number of aryl methyl sites for hydroxylation is 1. The van der Waals surface area contributed by atoms with Crippen molar-refractivity contribution in [3.05, 3.63) is 58.4 Å². The Bertz CT molecular complexity index is 1130. The molecule has 198 valence electrons. The number of hydrogen-bond donors (Lipinski definition) is 1. The molecule has 6 heteroatoms. The highest BCUT2D eigenvalue weighted by atomic mass is 35.5. The minimum absolute atomic E-state index is 0.0371. The molecule has 0 radical (unpaired) electrons. The van der Waals surface area contributed by atoms with Crippen LogP contribution < -0.4 is 15.0 Å². The summed E-state index contributed by atoms with van der Waals surface area (Å²) in [6, 6.07) is 13.0. The molecule has 5 nitrogen and oxygen atoms in total. The quantitative estimate of drug-likeness (QED) is 0.608. The number of benzene rings is 1. The molecule has 4 atom stereocenters. The highest BCUT2D eigenvalue weighted by Gasteiger charge is 2.56. The van der Waals surface area contributed by atoms with E-state index in [4.69, 9.17) is 16.3 Å². The molecule has 2 aliphatic carbocycles. The highest BCUT2D eigenvalue weighted by Crippen LogP contribution is 2.46. The smallest absolute Gasteiger partial charge is 0.273 e. The van der Waals surface area contributed by atoms with Crippen molar-refractivity contribution in [1.29, 1.82) is 0 Å². The van der Waals surface area contributed by atoms with Gasteiger partial charge in [0.05, 0.1) is 25.6 Å². The van der Waals surface area contributed by atoms with Gasteiger partial charge >= 0.3 is 0 Å². The van der Waals surface area contributed by atoms with Crippen LogP contribution in [0.2, 0.25) is 5.15 Å². The van der Waals surface area contributed by atoms with E-state index in [0.717, 1.165) is 57.5 Å². The van der Waals surface area contributed by atoms with E-state index in [9.17, 15) is 4.79 Å². The minimum Gasteiger partial charge on any atom is -0.496 e. The van der Waals surface area contributed by atoms with Crippen LogP contribution >= 0.6 is 11.6 Å². The summed E-state index contributed by atoms with van der Waals surface area (Å²) in [5.41, 5.74) is 3.82. The summed E-state index contributed by atoms with van der Waals surface area (Å²) in [6.45, 7) is 2.75. The Morgan fingerprint density at radius 1 is 1.11 bits per heavy atom. The number of amides is 1. The van der Waals surface area contributed by atoms with Crippen molar-refractivity contribution in [2.45, 2.75) is 81.6 Å². The molecule has 0 unspecified atom stereocenters. The van der Waals surface area contributed by atoms with Crippen molar-refractivity contribution in [3.8, 4) is 5.75 Å². The standard InChI is InChI=1S/C31H40ClN3O2/c1-37-28-12-6-5-10-23(28)22-15-17-35(27(18-22)21-8-3-2-4-9-21)30(36)25-19-33-20-31(25)16-7-11-26-24(31)13-14-29(32)34-26/h5-6,10,12-14,21-22,25,27,33H,2-4,7-9,11,15-20H2,1H3/p+2/t22-,25+,27+,31+/m1/s1. The topological polar surface area (TPSA) is 60.3 Å². The largest absolute Gasteiger partial charge is 0.496 e. The van der Waals surface area contributed by atoms with E-state index in [2.05, 4.69) is 45.5 Å². The number of ether oxygens (including phenoxy) is 1. The van der Waals surface area contributed by atoms with Gasteiger partial charge in [-0.1, -0.05) is 37.5 Å². The lowest BCUT2D eigenvalue weighted by Crippen LogP contribution is -2.82. The summed E-state index contributed by atoms with van der Waals surface area (Å²) in [5, 5.41) is 3.08. The second kappa shape index (κ2) is 10.6. The van der Waals surface area contributed by atoms with Gasteiger partial charge in [-0.2, -0.15) is 4.98 Å². The summed E-state index contributed by atoms with van der Waals surface area (Å²) in [5.74, 6) is 2.50. The number of rotatable bonds is 4. The Balaban J connectivity index is 1.31. The molecule has 3 heterocycles. The first-order valence-corrected chi connectivity index (χ1v) is 14.9. The molecular formula is C31H42ClN3O2+2. The number of fused-ring (bicyclic) bond motifs is 2. The Morgan fingerprint density at radius 2 is 1.95 bits per heavy atom. The number of para-hydroxylation sites is 1. The van der Waals surface area contributed by atoms with E-state index < -0.39 is 0 Å². The molecule has 37 heavy (non-hydrogen) atoms. The van der Waals surface area contributed by atoms with Crippen LogP contribution in [0.15, 0.2) is 36.4 Å². The van der Waals surface area contributed by atoms with Gasteiger partial charge in [-0.25, -0.2) is 0 Å². The second-order valence-electron chi connectivity index (χ2n) is 11.9. The lowest BCUT2D eigenvalue weighted by atomic mass is 9.64. The maximum Gasteiger partial charge on any atom is 0.273 e. The molecule has 1 saturated carbocycles. The first kappa shape index (κ1) is 25.2. The molecule has 3 fully saturated rings. The van der Waals surface area contributed by atoms with Crippen LogP contribution in [0.1, 0.15) is 80.5 Å². The van der Waals surface area contributed by atoms with E-state index in [-0.39, 0.29) is 11.3 Å². The summed E-state index contributed by atoms with van der Waals surface area (Å²) in [4.78, 5) is 20.4. The number of pyridine rings is 1. The number of piperidine rings is 1.